The van der Waals surface area contributed by atoms with Gasteiger partial charge >= 0.3 is 0 Å². The van der Waals surface area contributed by atoms with Gasteiger partial charge < -0.3 is 15.8 Å². The molecule has 0 bridgehead atoms. The van der Waals surface area contributed by atoms with E-state index in [9.17, 15) is 0 Å². The van der Waals surface area contributed by atoms with Crippen molar-refractivity contribution in [2.45, 2.75) is 6.92 Å². The zero-order valence-electron chi connectivity index (χ0n) is 8.45. The first kappa shape index (κ1) is 10.4. The van der Waals surface area contributed by atoms with Crippen molar-refractivity contribution in [3.05, 3.63) is 24.3 Å². The van der Waals surface area contributed by atoms with Gasteiger partial charge in [0.1, 0.15) is 5.75 Å². The smallest absolute Gasteiger partial charge is 0.193 e. The van der Waals surface area contributed by atoms with Crippen LogP contribution in [0.25, 0.3) is 0 Å². The summed E-state index contributed by atoms with van der Waals surface area (Å²) >= 11 is 0. The van der Waals surface area contributed by atoms with E-state index in [1.807, 2.05) is 31.2 Å². The van der Waals surface area contributed by atoms with Crippen LogP contribution < -0.4 is 15.8 Å². The minimum atomic E-state index is 0.428. The van der Waals surface area contributed by atoms with E-state index < -0.39 is 0 Å². The average molecular weight is 193 g/mol. The molecular weight excluding hydrogens is 178 g/mol. The summed E-state index contributed by atoms with van der Waals surface area (Å²) in [6.07, 6.45) is 0. The highest BCUT2D eigenvalue weighted by Gasteiger charge is 1.94. The highest BCUT2D eigenvalue weighted by Crippen LogP contribution is 2.14. The Labute approximate surface area is 83.8 Å². The number of hydrogen-bond acceptors (Lipinski definition) is 2. The van der Waals surface area contributed by atoms with E-state index in [0.717, 1.165) is 11.4 Å². The highest BCUT2D eigenvalue weighted by molar-refractivity contribution is 5.92. The van der Waals surface area contributed by atoms with Gasteiger partial charge in [-0.15, -0.1) is 0 Å². The zero-order chi connectivity index (χ0) is 10.4. The van der Waals surface area contributed by atoms with E-state index >= 15 is 0 Å². The fourth-order valence-electron chi connectivity index (χ4n) is 1.03. The molecule has 0 heterocycles. The number of benzene rings is 1. The van der Waals surface area contributed by atoms with Crippen molar-refractivity contribution >= 4 is 11.6 Å². The molecule has 0 saturated heterocycles. The molecule has 1 aromatic rings. The van der Waals surface area contributed by atoms with Crippen LogP contribution in [-0.4, -0.2) is 19.6 Å². The van der Waals surface area contributed by atoms with Gasteiger partial charge in [-0.25, -0.2) is 0 Å². The molecule has 3 N–H and O–H groups in total. The van der Waals surface area contributed by atoms with Crippen LogP contribution in [0.15, 0.2) is 29.3 Å². The van der Waals surface area contributed by atoms with E-state index in [0.29, 0.717) is 12.5 Å². The molecular formula is C10H15N3O. The number of nitrogens with one attached hydrogen (secondary N) is 1. The molecule has 0 aliphatic heterocycles. The normalized spacial score (nSPS) is 11.1. The minimum Gasteiger partial charge on any atom is -0.497 e. The molecule has 4 heteroatoms. The quantitative estimate of drug-likeness (QED) is 0.564. The molecule has 1 rings (SSSR count). The summed E-state index contributed by atoms with van der Waals surface area (Å²) < 4.78 is 5.03. The van der Waals surface area contributed by atoms with E-state index in [1.54, 1.807) is 7.11 Å². The van der Waals surface area contributed by atoms with Gasteiger partial charge in [0.2, 0.25) is 0 Å². The lowest BCUT2D eigenvalue weighted by atomic mass is 10.3. The number of hydrogen-bond donors (Lipinski definition) is 2. The molecule has 1 aromatic carbocycles. The first-order valence-corrected chi connectivity index (χ1v) is 4.47. The van der Waals surface area contributed by atoms with Gasteiger partial charge in [0, 0.05) is 12.2 Å². The Hall–Kier alpha value is -1.71. The summed E-state index contributed by atoms with van der Waals surface area (Å²) in [4.78, 5) is 4.01. The molecule has 76 valence electrons. The average Bonchev–Trinajstić information content (AvgIpc) is 2.19. The van der Waals surface area contributed by atoms with Crippen LogP contribution in [0.5, 0.6) is 5.75 Å². The Morgan fingerprint density at radius 2 is 2.07 bits per heavy atom. The topological polar surface area (TPSA) is 59.6 Å². The van der Waals surface area contributed by atoms with Crippen LogP contribution in [0.3, 0.4) is 0 Å². The van der Waals surface area contributed by atoms with Crippen LogP contribution in [-0.2, 0) is 0 Å². The Bertz CT molecular complexity index is 306. The predicted octanol–water partition coefficient (Wildman–Crippen LogP) is 1.44. The maximum Gasteiger partial charge on any atom is 0.193 e. The third kappa shape index (κ3) is 2.97. The lowest BCUT2D eigenvalue weighted by molar-refractivity contribution is 0.415. The van der Waals surface area contributed by atoms with E-state index in [2.05, 4.69) is 10.3 Å². The molecule has 0 fully saturated rings. The summed E-state index contributed by atoms with van der Waals surface area (Å²) in [5, 5.41) is 2.97. The number of nitrogens with zero attached hydrogens (tertiary/aromatic N) is 1. The lowest BCUT2D eigenvalue weighted by Gasteiger charge is -2.05. The second-order valence-electron chi connectivity index (χ2n) is 2.71. The number of ether oxygens (including phenoxy) is 1. The maximum absolute atomic E-state index is 5.59. The largest absolute Gasteiger partial charge is 0.497 e. The molecule has 4 nitrogen and oxygen atoms in total. The molecule has 14 heavy (non-hydrogen) atoms. The van der Waals surface area contributed by atoms with Gasteiger partial charge in [-0.1, -0.05) is 0 Å². The summed E-state index contributed by atoms with van der Waals surface area (Å²) in [5.41, 5.74) is 6.50. The Balaban J connectivity index is 2.64. The van der Waals surface area contributed by atoms with Crippen LogP contribution in [0, 0.1) is 0 Å². The van der Waals surface area contributed by atoms with Gasteiger partial charge in [0.05, 0.1) is 7.11 Å². The van der Waals surface area contributed by atoms with Gasteiger partial charge in [0.25, 0.3) is 0 Å². The molecule has 0 radical (unpaired) electrons. The summed E-state index contributed by atoms with van der Waals surface area (Å²) in [6, 6.07) is 7.50. The lowest BCUT2D eigenvalue weighted by Crippen LogP contribution is -2.22. The fraction of sp³-hybridized carbons (Fsp3) is 0.300. The molecule has 0 aromatic heterocycles. The predicted molar refractivity (Wildman–Crippen MR) is 58.8 cm³/mol. The minimum absolute atomic E-state index is 0.428. The van der Waals surface area contributed by atoms with Crippen LogP contribution in [0.4, 0.5) is 5.69 Å². The molecule has 0 aliphatic carbocycles. The number of rotatable bonds is 3. The van der Waals surface area contributed by atoms with Gasteiger partial charge in [-0.05, 0) is 31.2 Å². The second-order valence-corrected chi connectivity index (χ2v) is 2.71. The van der Waals surface area contributed by atoms with Crippen molar-refractivity contribution in [3.8, 4) is 5.75 Å². The Morgan fingerprint density at radius 3 is 2.57 bits per heavy atom. The number of nitrogens with two attached hydrogens (primary N) is 1. The molecule has 0 amide bonds. The molecule has 0 spiro atoms. The third-order valence-electron chi connectivity index (χ3n) is 1.69. The van der Waals surface area contributed by atoms with Crippen molar-refractivity contribution in [1.82, 2.24) is 0 Å². The maximum atomic E-state index is 5.59. The number of anilines is 1. The Morgan fingerprint density at radius 1 is 1.43 bits per heavy atom. The fourth-order valence-corrected chi connectivity index (χ4v) is 1.03. The van der Waals surface area contributed by atoms with Crippen LogP contribution >= 0.6 is 0 Å². The summed E-state index contributed by atoms with van der Waals surface area (Å²) in [7, 11) is 1.63. The summed E-state index contributed by atoms with van der Waals surface area (Å²) in [5.74, 6) is 1.25. The van der Waals surface area contributed by atoms with Crippen molar-refractivity contribution in [3.63, 3.8) is 0 Å². The molecule has 0 atom stereocenters. The third-order valence-corrected chi connectivity index (χ3v) is 1.69. The zero-order valence-corrected chi connectivity index (χ0v) is 8.45. The number of methoxy groups -OCH3 is 1. The SMILES string of the molecule is CCN=C(N)Nc1ccc(OC)cc1. The van der Waals surface area contributed by atoms with Crippen LogP contribution in [0.1, 0.15) is 6.92 Å². The van der Waals surface area contributed by atoms with Gasteiger partial charge in [-0.2, -0.15) is 0 Å². The van der Waals surface area contributed by atoms with E-state index in [1.165, 1.54) is 0 Å². The van der Waals surface area contributed by atoms with Crippen LogP contribution in [0.2, 0.25) is 0 Å². The highest BCUT2D eigenvalue weighted by atomic mass is 16.5. The standard InChI is InChI=1S/C10H15N3O/c1-3-12-10(11)13-8-4-6-9(14-2)7-5-8/h4-7H,3H2,1-2H3,(H3,11,12,13). The first-order chi connectivity index (χ1) is 6.76. The van der Waals surface area contributed by atoms with E-state index in [4.69, 9.17) is 10.5 Å². The number of guanidine groups is 1. The monoisotopic (exact) mass is 193 g/mol. The molecule has 0 saturated carbocycles. The van der Waals surface area contributed by atoms with Gasteiger partial charge in [-0.3, -0.25) is 4.99 Å². The summed E-state index contributed by atoms with van der Waals surface area (Å²) in [6.45, 7) is 2.61. The molecule has 0 unspecified atom stereocenters. The van der Waals surface area contributed by atoms with Crippen molar-refractivity contribution in [2.75, 3.05) is 19.0 Å². The Kier molecular flexibility index (Phi) is 3.79. The number of aliphatic imine (C=N–C) groups is 1. The molecule has 0 aliphatic rings. The van der Waals surface area contributed by atoms with E-state index in [-0.39, 0.29) is 0 Å². The second kappa shape index (κ2) is 5.11. The van der Waals surface area contributed by atoms with Crippen molar-refractivity contribution in [2.24, 2.45) is 10.7 Å². The van der Waals surface area contributed by atoms with Gasteiger partial charge in [0.15, 0.2) is 5.96 Å². The van der Waals surface area contributed by atoms with Crippen molar-refractivity contribution < 1.29 is 4.74 Å². The first-order valence-electron chi connectivity index (χ1n) is 4.47. The van der Waals surface area contributed by atoms with Crippen molar-refractivity contribution in [1.29, 1.82) is 0 Å².